The average molecular weight is 297 g/mol. The van der Waals surface area contributed by atoms with Crippen LogP contribution < -0.4 is 5.73 Å². The van der Waals surface area contributed by atoms with Gasteiger partial charge in [-0.05, 0) is 50.4 Å². The van der Waals surface area contributed by atoms with Gasteiger partial charge in [0.05, 0.1) is 0 Å². The van der Waals surface area contributed by atoms with Gasteiger partial charge in [0, 0.05) is 23.1 Å². The maximum atomic E-state index is 5.94. The van der Waals surface area contributed by atoms with Crippen molar-refractivity contribution in [3.05, 3.63) is 34.3 Å². The highest BCUT2D eigenvalue weighted by Crippen LogP contribution is 2.22. The van der Waals surface area contributed by atoms with E-state index in [4.69, 9.17) is 5.73 Å². The van der Waals surface area contributed by atoms with E-state index >= 15 is 0 Å². The summed E-state index contributed by atoms with van der Waals surface area (Å²) in [6.45, 7) is 1.03. The summed E-state index contributed by atoms with van der Waals surface area (Å²) >= 11 is 3.47. The first-order chi connectivity index (χ1) is 8.15. The number of hydrogen-bond acceptors (Lipinski definition) is 2. The number of nitrogens with two attached hydrogens (primary N) is 1. The number of halogens is 1. The molecule has 0 radical (unpaired) electrons. The molecule has 1 aliphatic carbocycles. The minimum Gasteiger partial charge on any atom is -0.328 e. The van der Waals surface area contributed by atoms with E-state index in [1.807, 2.05) is 0 Å². The van der Waals surface area contributed by atoms with Crippen LogP contribution in [0, 0.1) is 0 Å². The molecule has 1 aromatic carbocycles. The summed E-state index contributed by atoms with van der Waals surface area (Å²) in [4.78, 5) is 2.47. The first-order valence-electron chi connectivity index (χ1n) is 6.35. The number of benzene rings is 1. The predicted molar refractivity (Wildman–Crippen MR) is 75.8 cm³/mol. The van der Waals surface area contributed by atoms with E-state index in [0.717, 1.165) is 11.0 Å². The summed E-state index contributed by atoms with van der Waals surface area (Å²) in [5, 5.41) is 0. The highest BCUT2D eigenvalue weighted by Gasteiger charge is 2.21. The van der Waals surface area contributed by atoms with Crippen molar-refractivity contribution in [2.24, 2.45) is 5.73 Å². The Labute approximate surface area is 112 Å². The fourth-order valence-corrected chi connectivity index (χ4v) is 2.81. The smallest absolute Gasteiger partial charge is 0.0233 e. The van der Waals surface area contributed by atoms with Gasteiger partial charge in [0.2, 0.25) is 0 Å². The molecule has 17 heavy (non-hydrogen) atoms. The van der Waals surface area contributed by atoms with Crippen molar-refractivity contribution in [3.63, 3.8) is 0 Å². The largest absolute Gasteiger partial charge is 0.328 e. The highest BCUT2D eigenvalue weighted by atomic mass is 79.9. The van der Waals surface area contributed by atoms with Crippen LogP contribution in [0.25, 0.3) is 0 Å². The topological polar surface area (TPSA) is 29.3 Å². The third-order valence-corrected chi connectivity index (χ3v) is 4.24. The third kappa shape index (κ3) is 3.80. The van der Waals surface area contributed by atoms with Gasteiger partial charge >= 0.3 is 0 Å². The summed E-state index contributed by atoms with van der Waals surface area (Å²) in [6, 6.07) is 9.75. The van der Waals surface area contributed by atoms with Crippen molar-refractivity contribution < 1.29 is 0 Å². The molecule has 0 aliphatic heterocycles. The Hall–Kier alpha value is -0.380. The fraction of sp³-hybridized carbons (Fsp3) is 0.571. The van der Waals surface area contributed by atoms with Crippen molar-refractivity contribution in [2.75, 3.05) is 7.05 Å². The molecular formula is C14H21BrN2. The Morgan fingerprint density at radius 2 is 1.76 bits per heavy atom. The van der Waals surface area contributed by atoms with E-state index in [-0.39, 0.29) is 0 Å². The number of rotatable bonds is 3. The predicted octanol–water partition coefficient (Wildman–Crippen LogP) is 3.15. The minimum absolute atomic E-state index is 0.437. The minimum atomic E-state index is 0.437. The van der Waals surface area contributed by atoms with E-state index in [1.165, 1.54) is 31.2 Å². The van der Waals surface area contributed by atoms with Crippen molar-refractivity contribution in [1.82, 2.24) is 4.90 Å². The Bertz CT molecular complexity index is 342. The van der Waals surface area contributed by atoms with Gasteiger partial charge in [-0.15, -0.1) is 0 Å². The lowest BCUT2D eigenvalue weighted by Crippen LogP contribution is -2.38. The van der Waals surface area contributed by atoms with Crippen LogP contribution in [0.4, 0.5) is 0 Å². The molecule has 94 valence electrons. The second kappa shape index (κ2) is 5.98. The summed E-state index contributed by atoms with van der Waals surface area (Å²) < 4.78 is 1.15. The monoisotopic (exact) mass is 296 g/mol. The van der Waals surface area contributed by atoms with Crippen LogP contribution in [0.15, 0.2) is 28.7 Å². The zero-order valence-electron chi connectivity index (χ0n) is 10.4. The first kappa shape index (κ1) is 13.1. The Morgan fingerprint density at radius 3 is 2.35 bits per heavy atom. The van der Waals surface area contributed by atoms with Gasteiger partial charge in [-0.25, -0.2) is 0 Å². The zero-order chi connectivity index (χ0) is 12.3. The van der Waals surface area contributed by atoms with Crippen LogP contribution >= 0.6 is 15.9 Å². The Balaban J connectivity index is 1.88. The summed E-state index contributed by atoms with van der Waals surface area (Å²) in [6.07, 6.45) is 4.84. The van der Waals surface area contributed by atoms with Crippen LogP contribution in [0.1, 0.15) is 31.2 Å². The van der Waals surface area contributed by atoms with Gasteiger partial charge in [0.15, 0.2) is 0 Å². The first-order valence-corrected chi connectivity index (χ1v) is 7.14. The van der Waals surface area contributed by atoms with Gasteiger partial charge < -0.3 is 5.73 Å². The van der Waals surface area contributed by atoms with Crippen LogP contribution in [-0.4, -0.2) is 24.0 Å². The lowest BCUT2D eigenvalue weighted by Gasteiger charge is -2.33. The van der Waals surface area contributed by atoms with Crippen LogP contribution in [0.3, 0.4) is 0 Å². The second-order valence-electron chi connectivity index (χ2n) is 5.11. The normalized spacial score (nSPS) is 25.2. The van der Waals surface area contributed by atoms with Crippen LogP contribution in [0.5, 0.6) is 0 Å². The van der Waals surface area contributed by atoms with Gasteiger partial charge in [0.25, 0.3) is 0 Å². The molecule has 0 spiro atoms. The van der Waals surface area contributed by atoms with Crippen molar-refractivity contribution >= 4 is 15.9 Å². The quantitative estimate of drug-likeness (QED) is 0.928. The van der Waals surface area contributed by atoms with Crippen molar-refractivity contribution in [2.45, 2.75) is 44.3 Å². The van der Waals surface area contributed by atoms with E-state index < -0.39 is 0 Å². The van der Waals surface area contributed by atoms with E-state index in [2.05, 4.69) is 52.1 Å². The third-order valence-electron chi connectivity index (χ3n) is 3.71. The molecule has 0 unspecified atom stereocenters. The molecule has 0 heterocycles. The zero-order valence-corrected chi connectivity index (χ0v) is 12.0. The van der Waals surface area contributed by atoms with Gasteiger partial charge in [-0.2, -0.15) is 0 Å². The molecule has 0 amide bonds. The SMILES string of the molecule is CN(Cc1ccc(Br)cc1)C1CCC(N)CC1. The van der Waals surface area contributed by atoms with E-state index in [9.17, 15) is 0 Å². The van der Waals surface area contributed by atoms with E-state index in [0.29, 0.717) is 12.1 Å². The molecule has 0 bridgehead atoms. The molecule has 2 N–H and O–H groups in total. The molecule has 1 aromatic rings. The molecule has 0 aromatic heterocycles. The lowest BCUT2D eigenvalue weighted by molar-refractivity contribution is 0.176. The van der Waals surface area contributed by atoms with Gasteiger partial charge in [0.1, 0.15) is 0 Å². The summed E-state index contributed by atoms with van der Waals surface area (Å²) in [5.41, 5.74) is 7.32. The van der Waals surface area contributed by atoms with E-state index in [1.54, 1.807) is 0 Å². The average Bonchev–Trinajstić information content (AvgIpc) is 2.33. The second-order valence-corrected chi connectivity index (χ2v) is 6.03. The van der Waals surface area contributed by atoms with Crippen molar-refractivity contribution in [3.8, 4) is 0 Å². The number of nitrogens with zero attached hydrogens (tertiary/aromatic N) is 1. The standard InChI is InChI=1S/C14H21BrN2/c1-17(14-8-6-13(16)7-9-14)10-11-2-4-12(15)5-3-11/h2-5,13-14H,6-10,16H2,1H3. The highest BCUT2D eigenvalue weighted by molar-refractivity contribution is 9.10. The van der Waals surface area contributed by atoms with Gasteiger partial charge in [-0.1, -0.05) is 28.1 Å². The fourth-order valence-electron chi connectivity index (χ4n) is 2.55. The summed E-state index contributed by atoms with van der Waals surface area (Å²) in [7, 11) is 2.23. The molecule has 1 saturated carbocycles. The lowest BCUT2D eigenvalue weighted by atomic mass is 9.91. The Kier molecular flexibility index (Phi) is 4.60. The molecule has 2 rings (SSSR count). The molecule has 3 heteroatoms. The molecular weight excluding hydrogens is 276 g/mol. The van der Waals surface area contributed by atoms with Crippen LogP contribution in [-0.2, 0) is 6.54 Å². The molecule has 1 aliphatic rings. The number of hydrogen-bond donors (Lipinski definition) is 1. The molecule has 0 atom stereocenters. The summed E-state index contributed by atoms with van der Waals surface area (Å²) in [5.74, 6) is 0. The van der Waals surface area contributed by atoms with Gasteiger partial charge in [-0.3, -0.25) is 4.90 Å². The van der Waals surface area contributed by atoms with Crippen LogP contribution in [0.2, 0.25) is 0 Å². The molecule has 1 fully saturated rings. The molecule has 2 nitrogen and oxygen atoms in total. The maximum absolute atomic E-state index is 5.94. The maximum Gasteiger partial charge on any atom is 0.0233 e. The van der Waals surface area contributed by atoms with Crippen molar-refractivity contribution in [1.29, 1.82) is 0 Å². The molecule has 0 saturated heterocycles. The Morgan fingerprint density at radius 1 is 1.18 bits per heavy atom.